The fourth-order valence-corrected chi connectivity index (χ4v) is 2.54. The number of halogens is 1. The fraction of sp³-hybridized carbons (Fsp3) is 0.176. The summed E-state index contributed by atoms with van der Waals surface area (Å²) in [5.41, 5.74) is 4.46. The van der Waals surface area contributed by atoms with Crippen molar-refractivity contribution < 1.29 is 9.18 Å². The molecule has 0 aliphatic carbocycles. The normalized spacial score (nSPS) is 13.3. The first kappa shape index (κ1) is 13.5. The van der Waals surface area contributed by atoms with Crippen LogP contribution in [0.1, 0.15) is 11.1 Å². The van der Waals surface area contributed by atoms with Crippen LogP contribution in [0.3, 0.4) is 0 Å². The van der Waals surface area contributed by atoms with Gasteiger partial charge in [-0.05, 0) is 35.2 Å². The Morgan fingerprint density at radius 2 is 1.86 bits per heavy atom. The first-order valence-corrected chi connectivity index (χ1v) is 6.85. The van der Waals surface area contributed by atoms with Gasteiger partial charge in [0.2, 0.25) is 0 Å². The molecule has 3 rings (SSSR count). The van der Waals surface area contributed by atoms with E-state index in [1.165, 1.54) is 12.1 Å². The van der Waals surface area contributed by atoms with E-state index in [1.54, 1.807) is 19.2 Å². The third kappa shape index (κ3) is 2.57. The second-order valence-corrected chi connectivity index (χ2v) is 4.94. The zero-order chi connectivity index (χ0) is 14.8. The highest BCUT2D eigenvalue weighted by molar-refractivity contribution is 6.45. The SMILES string of the molecule is CNC(=O)C1=NCCc2cc(-c3ccc(F)cc3)ccc21. The van der Waals surface area contributed by atoms with Crippen molar-refractivity contribution in [1.82, 2.24) is 5.32 Å². The van der Waals surface area contributed by atoms with Crippen LogP contribution in [-0.4, -0.2) is 25.2 Å². The van der Waals surface area contributed by atoms with Gasteiger partial charge >= 0.3 is 0 Å². The van der Waals surface area contributed by atoms with E-state index in [0.29, 0.717) is 12.3 Å². The highest BCUT2D eigenvalue weighted by Crippen LogP contribution is 2.25. The number of hydrogen-bond donors (Lipinski definition) is 1. The number of likely N-dealkylation sites (N-methyl/N-ethyl adjacent to an activating group) is 1. The van der Waals surface area contributed by atoms with E-state index in [4.69, 9.17) is 0 Å². The number of benzene rings is 2. The van der Waals surface area contributed by atoms with Crippen LogP contribution in [-0.2, 0) is 11.2 Å². The van der Waals surface area contributed by atoms with Crippen molar-refractivity contribution in [3.63, 3.8) is 0 Å². The van der Waals surface area contributed by atoms with Gasteiger partial charge in [-0.2, -0.15) is 0 Å². The summed E-state index contributed by atoms with van der Waals surface area (Å²) >= 11 is 0. The molecule has 2 aromatic carbocycles. The van der Waals surface area contributed by atoms with Crippen molar-refractivity contribution in [2.75, 3.05) is 13.6 Å². The molecule has 0 bridgehead atoms. The molecular weight excluding hydrogens is 267 g/mol. The predicted molar refractivity (Wildman–Crippen MR) is 81.0 cm³/mol. The molecule has 21 heavy (non-hydrogen) atoms. The zero-order valence-corrected chi connectivity index (χ0v) is 11.7. The van der Waals surface area contributed by atoms with Gasteiger partial charge in [0.1, 0.15) is 11.5 Å². The third-order valence-electron chi connectivity index (χ3n) is 3.63. The van der Waals surface area contributed by atoms with Crippen LogP contribution in [0.4, 0.5) is 4.39 Å². The average Bonchev–Trinajstić information content (AvgIpc) is 2.53. The molecule has 106 valence electrons. The van der Waals surface area contributed by atoms with Crippen molar-refractivity contribution in [3.05, 3.63) is 59.4 Å². The largest absolute Gasteiger partial charge is 0.354 e. The molecule has 1 aliphatic rings. The Morgan fingerprint density at radius 3 is 2.57 bits per heavy atom. The summed E-state index contributed by atoms with van der Waals surface area (Å²) in [6.45, 7) is 0.614. The lowest BCUT2D eigenvalue weighted by Gasteiger charge is -2.17. The molecule has 1 heterocycles. The van der Waals surface area contributed by atoms with Crippen LogP contribution >= 0.6 is 0 Å². The van der Waals surface area contributed by atoms with E-state index in [-0.39, 0.29) is 11.7 Å². The van der Waals surface area contributed by atoms with Crippen molar-refractivity contribution in [3.8, 4) is 11.1 Å². The molecule has 1 aliphatic heterocycles. The topological polar surface area (TPSA) is 41.5 Å². The third-order valence-corrected chi connectivity index (χ3v) is 3.63. The number of carbonyl (C=O) groups excluding carboxylic acids is 1. The average molecular weight is 282 g/mol. The van der Waals surface area contributed by atoms with Crippen LogP contribution in [0.5, 0.6) is 0 Å². The summed E-state index contributed by atoms with van der Waals surface area (Å²) in [6.07, 6.45) is 0.810. The number of amides is 1. The summed E-state index contributed by atoms with van der Waals surface area (Å²) in [5, 5.41) is 2.62. The van der Waals surface area contributed by atoms with Crippen molar-refractivity contribution in [2.24, 2.45) is 4.99 Å². The Hall–Kier alpha value is -2.49. The lowest BCUT2D eigenvalue weighted by atomic mass is 9.93. The van der Waals surface area contributed by atoms with Crippen molar-refractivity contribution in [2.45, 2.75) is 6.42 Å². The van der Waals surface area contributed by atoms with E-state index in [1.807, 2.05) is 12.1 Å². The number of rotatable bonds is 2. The van der Waals surface area contributed by atoms with Gasteiger partial charge < -0.3 is 5.32 Å². The van der Waals surface area contributed by atoms with Gasteiger partial charge in [0, 0.05) is 19.2 Å². The fourth-order valence-electron chi connectivity index (χ4n) is 2.54. The summed E-state index contributed by atoms with van der Waals surface area (Å²) in [5.74, 6) is -0.406. The summed E-state index contributed by atoms with van der Waals surface area (Å²) in [6, 6.07) is 12.3. The van der Waals surface area contributed by atoms with Crippen LogP contribution in [0.15, 0.2) is 47.5 Å². The smallest absolute Gasteiger partial charge is 0.269 e. The van der Waals surface area contributed by atoms with E-state index in [2.05, 4.69) is 16.4 Å². The quantitative estimate of drug-likeness (QED) is 0.903. The Bertz CT molecular complexity index is 720. The standard InChI is InChI=1S/C17H15FN2O/c1-19-17(21)16-15-7-4-12(10-13(15)8-9-20-16)11-2-5-14(18)6-3-11/h2-7,10H,8-9H2,1H3,(H,19,21). The highest BCUT2D eigenvalue weighted by Gasteiger charge is 2.19. The molecule has 3 nitrogen and oxygen atoms in total. The molecule has 4 heteroatoms. The monoisotopic (exact) mass is 282 g/mol. The zero-order valence-electron chi connectivity index (χ0n) is 11.7. The molecule has 1 N–H and O–H groups in total. The molecule has 0 atom stereocenters. The first-order valence-electron chi connectivity index (χ1n) is 6.85. The minimum atomic E-state index is -0.245. The summed E-state index contributed by atoms with van der Waals surface area (Å²) < 4.78 is 13.0. The first-order chi connectivity index (χ1) is 10.2. The number of carbonyl (C=O) groups is 1. The molecule has 0 saturated carbocycles. The van der Waals surface area contributed by atoms with Crippen molar-refractivity contribution >= 4 is 11.6 Å². The second-order valence-electron chi connectivity index (χ2n) is 4.94. The number of aliphatic imine (C=N–C) groups is 1. The Labute approximate surface area is 122 Å². The Kier molecular flexibility index (Phi) is 3.52. The van der Waals surface area contributed by atoms with Crippen LogP contribution < -0.4 is 5.32 Å². The summed E-state index contributed by atoms with van der Waals surface area (Å²) in [4.78, 5) is 16.1. The molecule has 0 spiro atoms. The summed E-state index contributed by atoms with van der Waals surface area (Å²) in [7, 11) is 1.60. The van der Waals surface area contributed by atoms with Gasteiger partial charge in [-0.3, -0.25) is 9.79 Å². The minimum absolute atomic E-state index is 0.162. The molecular formula is C17H15FN2O. The van der Waals surface area contributed by atoms with E-state index < -0.39 is 0 Å². The molecule has 0 radical (unpaired) electrons. The van der Waals surface area contributed by atoms with Gasteiger partial charge in [-0.15, -0.1) is 0 Å². The van der Waals surface area contributed by atoms with Gasteiger partial charge in [-0.1, -0.05) is 30.3 Å². The molecule has 0 saturated heterocycles. The molecule has 0 fully saturated rings. The van der Waals surface area contributed by atoms with Gasteiger partial charge in [0.15, 0.2) is 0 Å². The van der Waals surface area contributed by atoms with E-state index >= 15 is 0 Å². The molecule has 2 aromatic rings. The Balaban J connectivity index is 2.01. The number of nitrogens with one attached hydrogen (secondary N) is 1. The van der Waals surface area contributed by atoms with Crippen molar-refractivity contribution in [1.29, 1.82) is 0 Å². The number of fused-ring (bicyclic) bond motifs is 1. The van der Waals surface area contributed by atoms with Crippen LogP contribution in [0.25, 0.3) is 11.1 Å². The maximum absolute atomic E-state index is 13.0. The molecule has 0 unspecified atom stereocenters. The van der Waals surface area contributed by atoms with E-state index in [0.717, 1.165) is 28.7 Å². The lowest BCUT2D eigenvalue weighted by Crippen LogP contribution is -2.31. The number of nitrogens with zero attached hydrogens (tertiary/aromatic N) is 1. The maximum atomic E-state index is 13.0. The second kappa shape index (κ2) is 5.48. The van der Waals surface area contributed by atoms with Gasteiger partial charge in [0.25, 0.3) is 5.91 Å². The van der Waals surface area contributed by atoms with Gasteiger partial charge in [0.05, 0.1) is 0 Å². The highest BCUT2D eigenvalue weighted by atomic mass is 19.1. The van der Waals surface area contributed by atoms with Gasteiger partial charge in [-0.25, -0.2) is 4.39 Å². The number of hydrogen-bond acceptors (Lipinski definition) is 2. The van der Waals surface area contributed by atoms with Crippen LogP contribution in [0, 0.1) is 5.82 Å². The molecule has 0 aromatic heterocycles. The lowest BCUT2D eigenvalue weighted by molar-refractivity contribution is -0.114. The Morgan fingerprint density at radius 1 is 1.14 bits per heavy atom. The van der Waals surface area contributed by atoms with E-state index in [9.17, 15) is 9.18 Å². The van der Waals surface area contributed by atoms with Crippen LogP contribution in [0.2, 0.25) is 0 Å². The molecule has 1 amide bonds. The maximum Gasteiger partial charge on any atom is 0.269 e. The predicted octanol–water partition coefficient (Wildman–Crippen LogP) is 2.58. The minimum Gasteiger partial charge on any atom is -0.354 e.